The van der Waals surface area contributed by atoms with Crippen LogP contribution < -0.4 is 5.32 Å². The second kappa shape index (κ2) is 8.64. The zero-order valence-corrected chi connectivity index (χ0v) is 17.7. The zero-order valence-electron chi connectivity index (χ0n) is 16.2. The van der Waals surface area contributed by atoms with Crippen molar-refractivity contribution in [3.63, 3.8) is 0 Å². The molecule has 0 saturated carbocycles. The van der Waals surface area contributed by atoms with Gasteiger partial charge in [-0.2, -0.15) is 4.31 Å². The number of carbonyl (C=O) groups is 1. The molecule has 0 spiro atoms. The fourth-order valence-corrected chi connectivity index (χ4v) is 5.21. The number of rotatable bonds is 4. The average Bonchev–Trinajstić information content (AvgIpc) is 2.95. The number of amides is 1. The van der Waals surface area contributed by atoms with Gasteiger partial charge in [-0.1, -0.05) is 42.6 Å². The molecule has 2 aromatic rings. The average molecular weight is 421 g/mol. The second-order valence-corrected chi connectivity index (χ2v) is 9.53. The highest BCUT2D eigenvalue weighted by Gasteiger charge is 2.26. The monoisotopic (exact) mass is 420 g/mol. The molecule has 0 atom stereocenters. The molecule has 28 heavy (non-hydrogen) atoms. The van der Waals surface area contributed by atoms with E-state index < -0.39 is 15.9 Å². The maximum absolute atomic E-state index is 13.0. The number of hydrogen-bond donors (Lipinski definition) is 1. The predicted molar refractivity (Wildman–Crippen MR) is 113 cm³/mol. The van der Waals surface area contributed by atoms with E-state index in [2.05, 4.69) is 5.32 Å². The fourth-order valence-electron chi connectivity index (χ4n) is 3.46. The van der Waals surface area contributed by atoms with Crippen LogP contribution in [0, 0.1) is 13.8 Å². The van der Waals surface area contributed by atoms with Crippen molar-refractivity contribution >= 4 is 33.2 Å². The lowest BCUT2D eigenvalue weighted by Gasteiger charge is -2.20. The van der Waals surface area contributed by atoms with E-state index in [0.29, 0.717) is 18.8 Å². The smallest absolute Gasteiger partial charge is 0.257 e. The normalized spacial score (nSPS) is 15.8. The first kappa shape index (κ1) is 20.8. The number of sulfonamides is 1. The lowest BCUT2D eigenvalue weighted by Crippen LogP contribution is -2.32. The molecule has 1 saturated heterocycles. The van der Waals surface area contributed by atoms with Gasteiger partial charge in [-0.15, -0.1) is 0 Å². The highest BCUT2D eigenvalue weighted by Crippen LogP contribution is 2.27. The predicted octanol–water partition coefficient (Wildman–Crippen LogP) is 4.77. The van der Waals surface area contributed by atoms with Crippen molar-refractivity contribution in [2.75, 3.05) is 18.4 Å². The van der Waals surface area contributed by atoms with Crippen LogP contribution in [-0.4, -0.2) is 31.7 Å². The number of anilines is 1. The summed E-state index contributed by atoms with van der Waals surface area (Å²) >= 11 is 6.23. The van der Waals surface area contributed by atoms with Crippen LogP contribution in [-0.2, 0) is 10.0 Å². The van der Waals surface area contributed by atoms with Crippen molar-refractivity contribution in [1.82, 2.24) is 4.31 Å². The minimum Gasteiger partial charge on any atom is -0.321 e. The number of hydrogen-bond acceptors (Lipinski definition) is 3. The molecule has 7 heteroatoms. The highest BCUT2D eigenvalue weighted by atomic mass is 35.5. The number of benzene rings is 2. The molecule has 0 aromatic heterocycles. The van der Waals surface area contributed by atoms with Gasteiger partial charge in [0.15, 0.2) is 0 Å². The summed E-state index contributed by atoms with van der Waals surface area (Å²) in [6.07, 6.45) is 3.78. The number of nitrogens with one attached hydrogen (secondary N) is 1. The molecule has 1 aliphatic rings. The Morgan fingerprint density at radius 2 is 1.61 bits per heavy atom. The maximum Gasteiger partial charge on any atom is 0.257 e. The number of nitrogens with zero attached hydrogens (tertiary/aromatic N) is 1. The van der Waals surface area contributed by atoms with Crippen molar-refractivity contribution < 1.29 is 13.2 Å². The van der Waals surface area contributed by atoms with Gasteiger partial charge >= 0.3 is 0 Å². The van der Waals surface area contributed by atoms with E-state index in [1.165, 1.54) is 22.5 Å². The third-order valence-corrected chi connectivity index (χ3v) is 7.33. The third-order valence-electron chi connectivity index (χ3n) is 5.10. The Labute approximate surface area is 171 Å². The van der Waals surface area contributed by atoms with Gasteiger partial charge in [0.05, 0.1) is 15.5 Å². The standard InChI is InChI=1S/C21H25ClN2O3S/c1-15-8-7-9-16(2)20(15)23-21(25)18-14-17(10-11-19(18)22)28(26,27)24-12-5-3-4-6-13-24/h7-11,14H,3-6,12-13H2,1-2H3,(H,23,25). The lowest BCUT2D eigenvalue weighted by molar-refractivity contribution is 0.102. The first-order valence-corrected chi connectivity index (χ1v) is 11.3. The van der Waals surface area contributed by atoms with Crippen LogP contribution in [0.15, 0.2) is 41.3 Å². The Morgan fingerprint density at radius 1 is 1.00 bits per heavy atom. The maximum atomic E-state index is 13.0. The van der Waals surface area contributed by atoms with E-state index in [-0.39, 0.29) is 15.5 Å². The molecule has 1 N–H and O–H groups in total. The molecule has 0 unspecified atom stereocenters. The second-order valence-electron chi connectivity index (χ2n) is 7.18. The molecular formula is C21H25ClN2O3S. The Balaban J connectivity index is 1.92. The summed E-state index contributed by atoms with van der Waals surface area (Å²) in [5, 5.41) is 3.09. The third kappa shape index (κ3) is 4.40. The topological polar surface area (TPSA) is 66.5 Å². The molecule has 1 heterocycles. The Kier molecular flexibility index (Phi) is 6.43. The van der Waals surface area contributed by atoms with E-state index in [4.69, 9.17) is 11.6 Å². The van der Waals surface area contributed by atoms with Gasteiger partial charge in [0.2, 0.25) is 10.0 Å². The van der Waals surface area contributed by atoms with E-state index in [9.17, 15) is 13.2 Å². The summed E-state index contributed by atoms with van der Waals surface area (Å²) in [7, 11) is -3.65. The zero-order chi connectivity index (χ0) is 20.3. The molecule has 0 radical (unpaired) electrons. The molecule has 1 aliphatic heterocycles. The van der Waals surface area contributed by atoms with E-state index in [0.717, 1.165) is 36.8 Å². The summed E-state index contributed by atoms with van der Waals surface area (Å²) in [6, 6.07) is 10.1. The van der Waals surface area contributed by atoms with Crippen molar-refractivity contribution in [2.24, 2.45) is 0 Å². The van der Waals surface area contributed by atoms with Crippen LogP contribution in [0.25, 0.3) is 0 Å². The van der Waals surface area contributed by atoms with E-state index in [1.807, 2.05) is 32.0 Å². The molecule has 1 fully saturated rings. The van der Waals surface area contributed by atoms with Crippen molar-refractivity contribution in [1.29, 1.82) is 0 Å². The van der Waals surface area contributed by atoms with Gasteiger partial charge in [-0.25, -0.2) is 8.42 Å². The Morgan fingerprint density at radius 3 is 2.21 bits per heavy atom. The minimum atomic E-state index is -3.65. The molecule has 3 rings (SSSR count). The molecule has 5 nitrogen and oxygen atoms in total. The number of carbonyl (C=O) groups excluding carboxylic acids is 1. The first-order valence-electron chi connectivity index (χ1n) is 9.48. The molecule has 0 aliphatic carbocycles. The van der Waals surface area contributed by atoms with Gasteiger partial charge in [-0.3, -0.25) is 4.79 Å². The van der Waals surface area contributed by atoms with Crippen molar-refractivity contribution in [2.45, 2.75) is 44.4 Å². The van der Waals surface area contributed by atoms with E-state index in [1.54, 1.807) is 0 Å². The summed E-state index contributed by atoms with van der Waals surface area (Å²) in [5.41, 5.74) is 2.72. The largest absolute Gasteiger partial charge is 0.321 e. The summed E-state index contributed by atoms with van der Waals surface area (Å²) < 4.78 is 27.6. The minimum absolute atomic E-state index is 0.102. The van der Waals surface area contributed by atoms with Crippen LogP contribution >= 0.6 is 11.6 Å². The number of aryl methyl sites for hydroxylation is 2. The van der Waals surface area contributed by atoms with Crippen LogP contribution in [0.5, 0.6) is 0 Å². The molecule has 1 amide bonds. The number of para-hydroxylation sites is 1. The summed E-state index contributed by atoms with van der Waals surface area (Å²) in [4.78, 5) is 12.9. The van der Waals surface area contributed by atoms with Gasteiger partial charge in [0.1, 0.15) is 0 Å². The van der Waals surface area contributed by atoms with Crippen molar-refractivity contribution in [3.05, 3.63) is 58.1 Å². The quantitative estimate of drug-likeness (QED) is 0.774. The van der Waals surface area contributed by atoms with Crippen LogP contribution in [0.4, 0.5) is 5.69 Å². The Hall–Kier alpha value is -1.89. The summed E-state index contributed by atoms with van der Waals surface area (Å²) in [6.45, 7) is 4.83. The molecule has 2 aromatic carbocycles. The van der Waals surface area contributed by atoms with Gasteiger partial charge in [0, 0.05) is 18.8 Å². The van der Waals surface area contributed by atoms with Crippen molar-refractivity contribution in [3.8, 4) is 0 Å². The Bertz CT molecular complexity index is 961. The first-order chi connectivity index (χ1) is 13.3. The number of halogens is 1. The van der Waals surface area contributed by atoms with Crippen LogP contribution in [0.2, 0.25) is 5.02 Å². The SMILES string of the molecule is Cc1cccc(C)c1NC(=O)c1cc(S(=O)(=O)N2CCCCCC2)ccc1Cl. The highest BCUT2D eigenvalue weighted by molar-refractivity contribution is 7.89. The van der Waals surface area contributed by atoms with Gasteiger partial charge in [-0.05, 0) is 56.0 Å². The fraction of sp³-hybridized carbons (Fsp3) is 0.381. The van der Waals surface area contributed by atoms with E-state index >= 15 is 0 Å². The van der Waals surface area contributed by atoms with Crippen LogP contribution in [0.1, 0.15) is 47.2 Å². The molecule has 150 valence electrons. The lowest BCUT2D eigenvalue weighted by atomic mass is 10.1. The van der Waals surface area contributed by atoms with Gasteiger partial charge < -0.3 is 5.32 Å². The molecular weight excluding hydrogens is 396 g/mol. The van der Waals surface area contributed by atoms with Crippen LogP contribution in [0.3, 0.4) is 0 Å². The summed E-state index contributed by atoms with van der Waals surface area (Å²) in [5.74, 6) is -0.421. The molecule has 0 bridgehead atoms. The van der Waals surface area contributed by atoms with Gasteiger partial charge in [0.25, 0.3) is 5.91 Å².